The van der Waals surface area contributed by atoms with E-state index in [0.29, 0.717) is 23.8 Å². The third-order valence-corrected chi connectivity index (χ3v) is 5.97. The third kappa shape index (κ3) is 5.05. The lowest BCUT2D eigenvalue weighted by Crippen LogP contribution is -2.38. The molecule has 0 atom stereocenters. The van der Waals surface area contributed by atoms with Crippen molar-refractivity contribution >= 4 is 21.6 Å². The topological polar surface area (TPSA) is 88.8 Å². The Labute approximate surface area is 174 Å². The molecule has 0 aliphatic carbocycles. The molecule has 0 fully saturated rings. The van der Waals surface area contributed by atoms with Crippen molar-refractivity contribution in [3.05, 3.63) is 78.5 Å². The molecule has 3 aromatic rings. The number of furan rings is 1. The van der Waals surface area contributed by atoms with Gasteiger partial charge in [-0.25, -0.2) is 12.8 Å². The Kier molecular flexibility index (Phi) is 6.86. The van der Waals surface area contributed by atoms with Crippen molar-refractivity contribution in [3.8, 4) is 5.75 Å². The maximum Gasteiger partial charge on any atom is 0.246 e. The van der Waals surface area contributed by atoms with E-state index in [4.69, 9.17) is 9.15 Å². The number of nitrogens with zero attached hydrogens (tertiary/aromatic N) is 1. The van der Waals surface area contributed by atoms with Gasteiger partial charge in [-0.05, 0) is 43.3 Å². The van der Waals surface area contributed by atoms with Gasteiger partial charge in [-0.2, -0.15) is 4.31 Å². The molecule has 158 valence electrons. The number of amides is 1. The smallest absolute Gasteiger partial charge is 0.246 e. The number of hydrogen-bond donors (Lipinski definition) is 1. The second kappa shape index (κ2) is 9.55. The number of carbonyl (C=O) groups is 1. The quantitative estimate of drug-likeness (QED) is 0.558. The van der Waals surface area contributed by atoms with Crippen LogP contribution < -0.4 is 10.1 Å². The van der Waals surface area contributed by atoms with Gasteiger partial charge < -0.3 is 14.5 Å². The summed E-state index contributed by atoms with van der Waals surface area (Å²) in [5.74, 6) is -0.724. The van der Waals surface area contributed by atoms with Crippen LogP contribution in [0.15, 0.2) is 76.2 Å². The van der Waals surface area contributed by atoms with Crippen LogP contribution in [-0.4, -0.2) is 31.8 Å². The largest absolute Gasteiger partial charge is 0.492 e. The second-order valence-electron chi connectivity index (χ2n) is 6.26. The fraction of sp³-hybridized carbons (Fsp3) is 0.190. The minimum absolute atomic E-state index is 0.232. The van der Waals surface area contributed by atoms with Gasteiger partial charge in [0.15, 0.2) is 0 Å². The van der Waals surface area contributed by atoms with Crippen molar-refractivity contribution in [2.24, 2.45) is 0 Å². The normalized spacial score (nSPS) is 11.4. The van der Waals surface area contributed by atoms with Crippen molar-refractivity contribution in [2.45, 2.75) is 18.4 Å². The molecule has 3 rings (SSSR count). The summed E-state index contributed by atoms with van der Waals surface area (Å²) in [6, 6.07) is 15.0. The molecule has 1 heterocycles. The molecule has 0 saturated heterocycles. The molecule has 0 aliphatic rings. The van der Waals surface area contributed by atoms with E-state index in [1.807, 2.05) is 6.92 Å². The van der Waals surface area contributed by atoms with Gasteiger partial charge in [0.25, 0.3) is 0 Å². The summed E-state index contributed by atoms with van der Waals surface area (Å²) in [5.41, 5.74) is 0.408. The fourth-order valence-corrected chi connectivity index (χ4v) is 4.22. The monoisotopic (exact) mass is 432 g/mol. The molecule has 0 unspecified atom stereocenters. The molecule has 0 radical (unpaired) electrons. The average molecular weight is 432 g/mol. The van der Waals surface area contributed by atoms with Crippen molar-refractivity contribution in [1.29, 1.82) is 0 Å². The molecule has 1 N–H and O–H groups in total. The fourth-order valence-electron chi connectivity index (χ4n) is 2.80. The van der Waals surface area contributed by atoms with Crippen LogP contribution in [0.1, 0.15) is 12.7 Å². The molecule has 9 heteroatoms. The van der Waals surface area contributed by atoms with Gasteiger partial charge in [-0.15, -0.1) is 0 Å². The number of anilines is 1. The van der Waals surface area contributed by atoms with Crippen molar-refractivity contribution in [2.75, 3.05) is 18.5 Å². The summed E-state index contributed by atoms with van der Waals surface area (Å²) in [7, 11) is -4.31. The maximum atomic E-state index is 14.2. The first-order valence-corrected chi connectivity index (χ1v) is 10.6. The summed E-state index contributed by atoms with van der Waals surface area (Å²) in [6.45, 7) is 1.44. The van der Waals surface area contributed by atoms with Crippen molar-refractivity contribution in [1.82, 2.24) is 4.31 Å². The molecule has 30 heavy (non-hydrogen) atoms. The molecule has 0 aliphatic heterocycles. The van der Waals surface area contributed by atoms with Crippen LogP contribution in [0.2, 0.25) is 0 Å². The van der Waals surface area contributed by atoms with Crippen molar-refractivity contribution < 1.29 is 26.8 Å². The van der Waals surface area contributed by atoms with Crippen LogP contribution >= 0.6 is 0 Å². The minimum atomic E-state index is -4.31. The summed E-state index contributed by atoms with van der Waals surface area (Å²) >= 11 is 0. The number of hydrogen-bond acceptors (Lipinski definition) is 5. The highest BCUT2D eigenvalue weighted by Gasteiger charge is 2.30. The Morgan fingerprint density at radius 3 is 2.53 bits per heavy atom. The lowest BCUT2D eigenvalue weighted by Gasteiger charge is -2.21. The number of rotatable bonds is 9. The molecule has 1 aromatic heterocycles. The van der Waals surface area contributed by atoms with Crippen LogP contribution in [0.5, 0.6) is 5.75 Å². The molecule has 2 aromatic carbocycles. The van der Waals surface area contributed by atoms with Gasteiger partial charge in [-0.1, -0.05) is 24.3 Å². The third-order valence-electron chi connectivity index (χ3n) is 4.15. The first-order valence-electron chi connectivity index (χ1n) is 9.20. The minimum Gasteiger partial charge on any atom is -0.492 e. The lowest BCUT2D eigenvalue weighted by molar-refractivity contribution is -0.116. The highest BCUT2D eigenvalue weighted by atomic mass is 32.2. The van der Waals surface area contributed by atoms with Crippen LogP contribution in [0.4, 0.5) is 10.1 Å². The van der Waals surface area contributed by atoms with Gasteiger partial charge in [-0.3, -0.25) is 4.79 Å². The average Bonchev–Trinajstić information content (AvgIpc) is 3.22. The zero-order chi connectivity index (χ0) is 21.6. The standard InChI is InChI=1S/C21H21FN2O5S/c1-2-28-19-11-5-4-10-18(19)23-21(25)15-24(14-16-8-7-13-29-16)30(26,27)20-12-6-3-9-17(20)22/h3-13H,2,14-15H2,1H3,(H,23,25). The van der Waals surface area contributed by atoms with E-state index in [0.717, 1.165) is 16.4 Å². The van der Waals surface area contributed by atoms with E-state index in [2.05, 4.69) is 5.32 Å². The van der Waals surface area contributed by atoms with E-state index < -0.39 is 33.2 Å². The summed E-state index contributed by atoms with van der Waals surface area (Å²) in [6.07, 6.45) is 1.39. The number of nitrogens with one attached hydrogen (secondary N) is 1. The number of carbonyl (C=O) groups excluding carboxylic acids is 1. The van der Waals surface area contributed by atoms with E-state index in [1.54, 1.807) is 36.4 Å². The number of benzene rings is 2. The molecule has 0 saturated carbocycles. The lowest BCUT2D eigenvalue weighted by atomic mass is 10.3. The van der Waals surface area contributed by atoms with Gasteiger partial charge in [0, 0.05) is 0 Å². The van der Waals surface area contributed by atoms with Crippen LogP contribution in [0.3, 0.4) is 0 Å². The van der Waals surface area contributed by atoms with Crippen LogP contribution in [0, 0.1) is 5.82 Å². The van der Waals surface area contributed by atoms with Gasteiger partial charge in [0.2, 0.25) is 15.9 Å². The van der Waals surface area contributed by atoms with Gasteiger partial charge >= 0.3 is 0 Å². The first kappa shape index (κ1) is 21.5. The highest BCUT2D eigenvalue weighted by molar-refractivity contribution is 7.89. The van der Waals surface area contributed by atoms with Gasteiger partial charge in [0.1, 0.15) is 22.2 Å². The SMILES string of the molecule is CCOc1ccccc1NC(=O)CN(Cc1ccco1)S(=O)(=O)c1ccccc1F. The molecule has 7 nitrogen and oxygen atoms in total. The van der Waals surface area contributed by atoms with Crippen LogP contribution in [-0.2, 0) is 21.4 Å². The van der Waals surface area contributed by atoms with E-state index in [9.17, 15) is 17.6 Å². The Morgan fingerprint density at radius 1 is 1.10 bits per heavy atom. The predicted molar refractivity (Wildman–Crippen MR) is 109 cm³/mol. The number of ether oxygens (including phenoxy) is 1. The van der Waals surface area contributed by atoms with E-state index in [1.165, 1.54) is 18.4 Å². The summed E-state index contributed by atoms with van der Waals surface area (Å²) < 4.78 is 51.9. The maximum absolute atomic E-state index is 14.2. The Balaban J connectivity index is 1.86. The molecular formula is C21H21FN2O5S. The number of sulfonamides is 1. The molecule has 0 spiro atoms. The second-order valence-corrected chi connectivity index (χ2v) is 8.17. The summed E-state index contributed by atoms with van der Waals surface area (Å²) in [4.78, 5) is 12.2. The first-order chi connectivity index (χ1) is 14.4. The molecule has 1 amide bonds. The molecular weight excluding hydrogens is 411 g/mol. The summed E-state index contributed by atoms with van der Waals surface area (Å²) in [5, 5.41) is 2.65. The van der Waals surface area contributed by atoms with E-state index >= 15 is 0 Å². The van der Waals surface area contributed by atoms with E-state index in [-0.39, 0.29) is 6.54 Å². The van der Waals surface area contributed by atoms with Crippen LogP contribution in [0.25, 0.3) is 0 Å². The zero-order valence-electron chi connectivity index (χ0n) is 16.2. The van der Waals surface area contributed by atoms with Crippen molar-refractivity contribution in [3.63, 3.8) is 0 Å². The zero-order valence-corrected chi connectivity index (χ0v) is 17.1. The van der Waals surface area contributed by atoms with Gasteiger partial charge in [0.05, 0.1) is 31.6 Å². The molecule has 0 bridgehead atoms. The predicted octanol–water partition coefficient (Wildman–Crippen LogP) is 3.65. The Bertz CT molecular complexity index is 1100. The number of para-hydroxylation sites is 2. The Morgan fingerprint density at radius 2 is 1.83 bits per heavy atom. The number of halogens is 1. The Hall–Kier alpha value is -3.17. The highest BCUT2D eigenvalue weighted by Crippen LogP contribution is 2.25.